The van der Waals surface area contributed by atoms with Crippen LogP contribution in [0.15, 0.2) is 0 Å². The van der Waals surface area contributed by atoms with Crippen molar-refractivity contribution in [1.29, 1.82) is 0 Å². The fourth-order valence-electron chi connectivity index (χ4n) is 0.697. The van der Waals surface area contributed by atoms with Gasteiger partial charge in [0.15, 0.2) is 0 Å². The Hall–Kier alpha value is 0.160. The second-order valence-electron chi connectivity index (χ2n) is 1.87. The van der Waals surface area contributed by atoms with Crippen LogP contribution in [-0.4, -0.2) is 33.5 Å². The average Bonchev–Trinajstić information content (AvgIpc) is 1.91. The fraction of sp³-hybridized carbons (Fsp3) is 0.857. The van der Waals surface area contributed by atoms with Crippen LogP contribution in [0.4, 0.5) is 0 Å². The molecule has 5 heteroatoms. The first-order valence-electron chi connectivity index (χ1n) is 3.67. The molecule has 0 aromatic carbocycles. The number of thiocarbonyl (C=S) groups is 1. The second-order valence-corrected chi connectivity index (χ2v) is 3.77. The van der Waals surface area contributed by atoms with Gasteiger partial charge in [-0.15, -0.1) is 0 Å². The third-order valence-electron chi connectivity index (χ3n) is 1.29. The third kappa shape index (κ3) is 6.84. The molecule has 12 heavy (non-hydrogen) atoms. The molecule has 0 unspecified atom stereocenters. The van der Waals surface area contributed by atoms with E-state index in [0.717, 1.165) is 23.2 Å². The summed E-state index contributed by atoms with van der Waals surface area (Å²) in [6, 6.07) is 0. The zero-order chi connectivity index (χ0) is 7.98. The van der Waals surface area contributed by atoms with Gasteiger partial charge in [0.1, 0.15) is 4.32 Å². The van der Waals surface area contributed by atoms with Crippen molar-refractivity contribution in [3.63, 3.8) is 0 Å². The molecule has 0 aromatic rings. The molecule has 0 rings (SSSR count). The lowest BCUT2D eigenvalue weighted by molar-refractivity contribution is 0.482. The number of rotatable bonds is 3. The SMILES string of the molecule is CCSC(=S)N(CC)CC.N.O. The summed E-state index contributed by atoms with van der Waals surface area (Å²) < 4.78 is 1.03. The number of thioether (sulfide) groups is 1. The summed E-state index contributed by atoms with van der Waals surface area (Å²) in [5, 5.41) is 0. The maximum Gasteiger partial charge on any atom is 0.136 e. The van der Waals surface area contributed by atoms with E-state index in [1.165, 1.54) is 0 Å². The summed E-state index contributed by atoms with van der Waals surface area (Å²) in [5.41, 5.74) is 0. The summed E-state index contributed by atoms with van der Waals surface area (Å²) in [5.74, 6) is 1.08. The highest BCUT2D eigenvalue weighted by atomic mass is 32.2. The van der Waals surface area contributed by atoms with Crippen molar-refractivity contribution < 1.29 is 5.48 Å². The smallest absolute Gasteiger partial charge is 0.136 e. The fourth-order valence-corrected chi connectivity index (χ4v) is 2.00. The molecule has 0 spiro atoms. The van der Waals surface area contributed by atoms with Crippen LogP contribution in [0.2, 0.25) is 0 Å². The minimum atomic E-state index is 0. The Balaban J connectivity index is -0.000000405. The molecule has 0 aliphatic rings. The molecule has 0 atom stereocenters. The molecule has 0 aliphatic heterocycles. The lowest BCUT2D eigenvalue weighted by atomic mass is 10.6. The number of hydrogen-bond donors (Lipinski definition) is 1. The van der Waals surface area contributed by atoms with E-state index in [0.29, 0.717) is 0 Å². The van der Waals surface area contributed by atoms with Gasteiger partial charge < -0.3 is 16.5 Å². The molecule has 0 amide bonds. The van der Waals surface area contributed by atoms with Gasteiger partial charge >= 0.3 is 0 Å². The largest absolute Gasteiger partial charge is 0.412 e. The van der Waals surface area contributed by atoms with Crippen molar-refractivity contribution in [3.05, 3.63) is 0 Å². The predicted molar refractivity (Wildman–Crippen MR) is 62.3 cm³/mol. The van der Waals surface area contributed by atoms with E-state index in [2.05, 4.69) is 25.7 Å². The van der Waals surface area contributed by atoms with Crippen molar-refractivity contribution in [2.75, 3.05) is 18.8 Å². The predicted octanol–water partition coefficient (Wildman–Crippen LogP) is 1.70. The number of hydrogen-bond acceptors (Lipinski definition) is 3. The molecule has 0 aliphatic carbocycles. The van der Waals surface area contributed by atoms with Crippen LogP contribution in [0.3, 0.4) is 0 Å². The molecule has 0 fully saturated rings. The quantitative estimate of drug-likeness (QED) is 0.723. The van der Waals surface area contributed by atoms with Crippen molar-refractivity contribution in [1.82, 2.24) is 11.1 Å². The van der Waals surface area contributed by atoms with Crippen LogP contribution < -0.4 is 6.15 Å². The van der Waals surface area contributed by atoms with E-state index in [9.17, 15) is 0 Å². The zero-order valence-electron chi connectivity index (χ0n) is 8.09. The van der Waals surface area contributed by atoms with Gasteiger partial charge in [0, 0.05) is 13.1 Å². The third-order valence-corrected chi connectivity index (χ3v) is 2.70. The van der Waals surface area contributed by atoms with Crippen LogP contribution in [0.5, 0.6) is 0 Å². The van der Waals surface area contributed by atoms with Crippen LogP contribution in [-0.2, 0) is 0 Å². The molecule has 0 bridgehead atoms. The van der Waals surface area contributed by atoms with Gasteiger partial charge in [0.05, 0.1) is 0 Å². The highest BCUT2D eigenvalue weighted by Gasteiger charge is 2.02. The Kier molecular flexibility index (Phi) is 16.8. The van der Waals surface area contributed by atoms with Gasteiger partial charge in [-0.05, 0) is 19.6 Å². The van der Waals surface area contributed by atoms with E-state index in [4.69, 9.17) is 12.2 Å². The Morgan fingerprint density at radius 1 is 1.25 bits per heavy atom. The minimum absolute atomic E-state index is 0. The van der Waals surface area contributed by atoms with Crippen molar-refractivity contribution in [2.45, 2.75) is 20.8 Å². The first-order valence-corrected chi connectivity index (χ1v) is 5.07. The Morgan fingerprint density at radius 3 is 1.92 bits per heavy atom. The first kappa shape index (κ1) is 18.0. The molecule has 0 heterocycles. The van der Waals surface area contributed by atoms with E-state index >= 15 is 0 Å². The zero-order valence-corrected chi connectivity index (χ0v) is 9.73. The summed E-state index contributed by atoms with van der Waals surface area (Å²) in [6.07, 6.45) is 0. The highest BCUT2D eigenvalue weighted by molar-refractivity contribution is 8.22. The van der Waals surface area contributed by atoms with Crippen molar-refractivity contribution in [2.24, 2.45) is 0 Å². The van der Waals surface area contributed by atoms with Gasteiger partial charge in [-0.3, -0.25) is 0 Å². The monoisotopic (exact) mass is 212 g/mol. The number of nitrogens with zero attached hydrogens (tertiary/aromatic N) is 1. The lowest BCUT2D eigenvalue weighted by Gasteiger charge is -2.20. The van der Waals surface area contributed by atoms with Gasteiger partial charge in [-0.1, -0.05) is 30.9 Å². The first-order chi connectivity index (χ1) is 4.76. The maximum absolute atomic E-state index is 5.16. The van der Waals surface area contributed by atoms with E-state index in [1.807, 2.05) is 0 Å². The van der Waals surface area contributed by atoms with Gasteiger partial charge in [-0.25, -0.2) is 0 Å². The standard InChI is InChI=1S/C7H15NS2.H3N.H2O/c1-4-8(5-2)7(9)10-6-3;;/h4-6H2,1-3H3;1H3;1H2. The summed E-state index contributed by atoms with van der Waals surface area (Å²) in [4.78, 5) is 2.20. The van der Waals surface area contributed by atoms with E-state index in [-0.39, 0.29) is 11.6 Å². The molecule has 3 nitrogen and oxygen atoms in total. The minimum Gasteiger partial charge on any atom is -0.412 e. The van der Waals surface area contributed by atoms with Gasteiger partial charge in [0.25, 0.3) is 0 Å². The van der Waals surface area contributed by atoms with E-state index in [1.54, 1.807) is 11.8 Å². The van der Waals surface area contributed by atoms with Crippen LogP contribution in [0, 0.1) is 0 Å². The van der Waals surface area contributed by atoms with Gasteiger partial charge in [0.2, 0.25) is 0 Å². The van der Waals surface area contributed by atoms with Crippen LogP contribution >= 0.6 is 24.0 Å². The molecule has 0 saturated heterocycles. The Morgan fingerprint density at radius 2 is 1.67 bits per heavy atom. The summed E-state index contributed by atoms with van der Waals surface area (Å²) in [7, 11) is 0. The van der Waals surface area contributed by atoms with Crippen LogP contribution in [0.25, 0.3) is 0 Å². The van der Waals surface area contributed by atoms with Crippen molar-refractivity contribution in [3.8, 4) is 0 Å². The molecular formula is C7H20N2OS2. The van der Waals surface area contributed by atoms with Gasteiger partial charge in [-0.2, -0.15) is 0 Å². The molecule has 76 valence electrons. The summed E-state index contributed by atoms with van der Waals surface area (Å²) in [6.45, 7) is 8.45. The molecule has 5 N–H and O–H groups in total. The second kappa shape index (κ2) is 11.2. The Bertz CT molecular complexity index is 108. The highest BCUT2D eigenvalue weighted by Crippen LogP contribution is 2.07. The molecule has 0 radical (unpaired) electrons. The van der Waals surface area contributed by atoms with E-state index < -0.39 is 0 Å². The van der Waals surface area contributed by atoms with Crippen LogP contribution in [0.1, 0.15) is 20.8 Å². The normalized spacial score (nSPS) is 7.92. The molecule has 0 saturated carbocycles. The van der Waals surface area contributed by atoms with Crippen molar-refractivity contribution >= 4 is 28.3 Å². The topological polar surface area (TPSA) is 69.7 Å². The average molecular weight is 212 g/mol. The lowest BCUT2D eigenvalue weighted by Crippen LogP contribution is -2.26. The summed E-state index contributed by atoms with van der Waals surface area (Å²) >= 11 is 6.91. The molecular weight excluding hydrogens is 192 g/mol. The molecule has 0 aromatic heterocycles. The Labute approximate surface area is 84.8 Å². The maximum atomic E-state index is 5.16.